The number of hydrogen-bond donors (Lipinski definition) is 1. The average Bonchev–Trinajstić information content (AvgIpc) is 2.51. The highest BCUT2D eigenvalue weighted by atomic mass is 16.6. The molecule has 0 aliphatic carbocycles. The number of benzene rings is 2. The van der Waals surface area contributed by atoms with Crippen molar-refractivity contribution >= 4 is 11.9 Å². The van der Waals surface area contributed by atoms with E-state index in [1.807, 2.05) is 32.0 Å². The summed E-state index contributed by atoms with van der Waals surface area (Å²) in [6.45, 7) is 5.42. The minimum atomic E-state index is -1.08. The van der Waals surface area contributed by atoms with E-state index in [9.17, 15) is 9.59 Å². The first-order chi connectivity index (χ1) is 10.9. The van der Waals surface area contributed by atoms with Gasteiger partial charge in [0.2, 0.25) is 0 Å². The Labute approximate surface area is 134 Å². The number of carboxylic acids is 1. The minimum Gasteiger partial charge on any atom is -0.479 e. The molecule has 0 spiro atoms. The molecular formula is C18H18O5. The smallest absolute Gasteiger partial charge is 0.352 e. The standard InChI is InChI=1S/C18H18O5/c1-11-7-8-12(2)16(9-11)22-13(3)18(21)23-15-6-4-5-14(10-15)17(19)20/h4-10,13H,1-3H3,(H,19,20). The molecule has 0 saturated carbocycles. The first-order valence-corrected chi connectivity index (χ1v) is 7.16. The lowest BCUT2D eigenvalue weighted by molar-refractivity contribution is -0.141. The topological polar surface area (TPSA) is 72.8 Å². The van der Waals surface area contributed by atoms with Crippen molar-refractivity contribution in [1.82, 2.24) is 0 Å². The first-order valence-electron chi connectivity index (χ1n) is 7.16. The SMILES string of the molecule is Cc1ccc(C)c(OC(C)C(=O)Oc2cccc(C(=O)O)c2)c1. The molecule has 23 heavy (non-hydrogen) atoms. The maximum atomic E-state index is 12.1. The third-order valence-electron chi connectivity index (χ3n) is 3.28. The van der Waals surface area contributed by atoms with Crippen LogP contribution in [0.3, 0.4) is 0 Å². The fourth-order valence-electron chi connectivity index (χ4n) is 1.96. The van der Waals surface area contributed by atoms with Crippen LogP contribution >= 0.6 is 0 Å². The molecule has 0 heterocycles. The van der Waals surface area contributed by atoms with Crippen LogP contribution < -0.4 is 9.47 Å². The summed E-state index contributed by atoms with van der Waals surface area (Å²) in [7, 11) is 0. The Balaban J connectivity index is 2.07. The average molecular weight is 314 g/mol. The molecule has 0 aromatic heterocycles. The van der Waals surface area contributed by atoms with Crippen molar-refractivity contribution in [3.05, 3.63) is 59.2 Å². The van der Waals surface area contributed by atoms with Crippen molar-refractivity contribution in [3.63, 3.8) is 0 Å². The third-order valence-corrected chi connectivity index (χ3v) is 3.28. The monoisotopic (exact) mass is 314 g/mol. The Morgan fingerprint density at radius 2 is 1.83 bits per heavy atom. The molecule has 2 aromatic rings. The lowest BCUT2D eigenvalue weighted by atomic mass is 10.1. The van der Waals surface area contributed by atoms with Gasteiger partial charge in [-0.1, -0.05) is 18.2 Å². The van der Waals surface area contributed by atoms with Crippen molar-refractivity contribution in [1.29, 1.82) is 0 Å². The predicted octanol–water partition coefficient (Wildman–Crippen LogP) is 3.37. The second-order valence-corrected chi connectivity index (χ2v) is 5.28. The van der Waals surface area contributed by atoms with E-state index in [2.05, 4.69) is 0 Å². The molecule has 1 unspecified atom stereocenters. The number of hydrogen-bond acceptors (Lipinski definition) is 4. The molecule has 120 valence electrons. The van der Waals surface area contributed by atoms with Crippen LogP contribution in [0.5, 0.6) is 11.5 Å². The van der Waals surface area contributed by atoms with Gasteiger partial charge in [0.15, 0.2) is 6.10 Å². The zero-order valence-corrected chi connectivity index (χ0v) is 13.2. The van der Waals surface area contributed by atoms with E-state index in [0.29, 0.717) is 5.75 Å². The third kappa shape index (κ3) is 4.32. The van der Waals surface area contributed by atoms with E-state index in [4.69, 9.17) is 14.6 Å². The second kappa shape index (κ2) is 6.96. The van der Waals surface area contributed by atoms with Gasteiger partial charge in [0.1, 0.15) is 11.5 Å². The molecule has 0 amide bonds. The Morgan fingerprint density at radius 3 is 2.52 bits per heavy atom. The molecule has 1 N–H and O–H groups in total. The number of carboxylic acid groups (broad SMARTS) is 1. The minimum absolute atomic E-state index is 0.0541. The summed E-state index contributed by atoms with van der Waals surface area (Å²) in [6, 6.07) is 11.5. The van der Waals surface area contributed by atoms with Crippen LogP contribution in [-0.2, 0) is 4.79 Å². The van der Waals surface area contributed by atoms with E-state index in [1.54, 1.807) is 6.92 Å². The van der Waals surface area contributed by atoms with Gasteiger partial charge < -0.3 is 14.6 Å². The molecule has 5 heteroatoms. The van der Waals surface area contributed by atoms with Gasteiger partial charge in [-0.3, -0.25) is 0 Å². The van der Waals surface area contributed by atoms with Crippen molar-refractivity contribution in [2.75, 3.05) is 0 Å². The van der Waals surface area contributed by atoms with E-state index in [1.165, 1.54) is 24.3 Å². The number of rotatable bonds is 5. The van der Waals surface area contributed by atoms with Crippen LogP contribution in [0.2, 0.25) is 0 Å². The summed E-state index contributed by atoms with van der Waals surface area (Å²) < 4.78 is 10.8. The van der Waals surface area contributed by atoms with E-state index >= 15 is 0 Å². The highest BCUT2D eigenvalue weighted by Crippen LogP contribution is 2.21. The number of aryl methyl sites for hydroxylation is 2. The Morgan fingerprint density at radius 1 is 1.09 bits per heavy atom. The Bertz CT molecular complexity index is 736. The molecular weight excluding hydrogens is 296 g/mol. The van der Waals surface area contributed by atoms with Gasteiger partial charge in [0, 0.05) is 0 Å². The molecule has 5 nitrogen and oxygen atoms in total. The van der Waals surface area contributed by atoms with Gasteiger partial charge >= 0.3 is 11.9 Å². The Hall–Kier alpha value is -2.82. The largest absolute Gasteiger partial charge is 0.479 e. The van der Waals surface area contributed by atoms with Gasteiger partial charge in [-0.15, -0.1) is 0 Å². The summed E-state index contributed by atoms with van der Waals surface area (Å²) in [5.74, 6) is -0.879. The normalized spacial score (nSPS) is 11.6. The molecule has 0 aliphatic rings. The van der Waals surface area contributed by atoms with Crippen molar-refractivity contribution in [2.24, 2.45) is 0 Å². The lowest BCUT2D eigenvalue weighted by Gasteiger charge is -2.16. The van der Waals surface area contributed by atoms with Gasteiger partial charge in [0.05, 0.1) is 5.56 Å². The van der Waals surface area contributed by atoms with Crippen LogP contribution in [-0.4, -0.2) is 23.1 Å². The number of carbonyl (C=O) groups is 2. The quantitative estimate of drug-likeness (QED) is 0.676. The number of ether oxygens (including phenoxy) is 2. The predicted molar refractivity (Wildman–Crippen MR) is 85.0 cm³/mol. The van der Waals surface area contributed by atoms with Crippen LogP contribution in [0.15, 0.2) is 42.5 Å². The number of esters is 1. The van der Waals surface area contributed by atoms with Crippen molar-refractivity contribution < 1.29 is 24.2 Å². The Kier molecular flexibility index (Phi) is 5.01. The molecule has 2 aromatic carbocycles. The maximum absolute atomic E-state index is 12.1. The molecule has 0 fully saturated rings. The van der Waals surface area contributed by atoms with Crippen LogP contribution in [0, 0.1) is 13.8 Å². The molecule has 1 atom stereocenters. The summed E-state index contributed by atoms with van der Waals surface area (Å²) in [4.78, 5) is 23.0. The van der Waals surface area contributed by atoms with E-state index in [-0.39, 0.29) is 11.3 Å². The number of carbonyl (C=O) groups excluding carboxylic acids is 1. The molecule has 0 aliphatic heterocycles. The van der Waals surface area contributed by atoms with E-state index < -0.39 is 18.0 Å². The van der Waals surface area contributed by atoms with Gasteiger partial charge in [-0.05, 0) is 56.2 Å². The van der Waals surface area contributed by atoms with Crippen LogP contribution in [0.1, 0.15) is 28.4 Å². The van der Waals surface area contributed by atoms with Gasteiger partial charge in [0.25, 0.3) is 0 Å². The molecule has 0 saturated heterocycles. The lowest BCUT2D eigenvalue weighted by Crippen LogP contribution is -2.28. The van der Waals surface area contributed by atoms with Crippen LogP contribution in [0.4, 0.5) is 0 Å². The zero-order valence-electron chi connectivity index (χ0n) is 13.2. The highest BCUT2D eigenvalue weighted by molar-refractivity contribution is 5.88. The molecule has 0 bridgehead atoms. The summed E-state index contributed by atoms with van der Waals surface area (Å²) in [6.07, 6.45) is -0.816. The van der Waals surface area contributed by atoms with Gasteiger partial charge in [-0.2, -0.15) is 0 Å². The van der Waals surface area contributed by atoms with Gasteiger partial charge in [-0.25, -0.2) is 9.59 Å². The molecule has 0 radical (unpaired) electrons. The summed E-state index contributed by atoms with van der Waals surface area (Å²) in [5, 5.41) is 8.94. The van der Waals surface area contributed by atoms with Crippen LogP contribution in [0.25, 0.3) is 0 Å². The summed E-state index contributed by atoms with van der Waals surface area (Å²) >= 11 is 0. The fourth-order valence-corrected chi connectivity index (χ4v) is 1.96. The number of aromatic carboxylic acids is 1. The van der Waals surface area contributed by atoms with Crippen molar-refractivity contribution in [2.45, 2.75) is 26.9 Å². The first kappa shape index (κ1) is 16.5. The fraction of sp³-hybridized carbons (Fsp3) is 0.222. The maximum Gasteiger partial charge on any atom is 0.352 e. The van der Waals surface area contributed by atoms with E-state index in [0.717, 1.165) is 11.1 Å². The summed E-state index contributed by atoms with van der Waals surface area (Å²) in [5.41, 5.74) is 2.00. The zero-order chi connectivity index (χ0) is 17.0. The molecule has 2 rings (SSSR count). The highest BCUT2D eigenvalue weighted by Gasteiger charge is 2.18. The van der Waals surface area contributed by atoms with Crippen molar-refractivity contribution in [3.8, 4) is 11.5 Å². The second-order valence-electron chi connectivity index (χ2n) is 5.28.